The van der Waals surface area contributed by atoms with Crippen LogP contribution in [0.3, 0.4) is 0 Å². The molecule has 0 aromatic heterocycles. The zero-order valence-electron chi connectivity index (χ0n) is 13.9. The number of rotatable bonds is 9. The van der Waals surface area contributed by atoms with Gasteiger partial charge < -0.3 is 26.2 Å². The average Bonchev–Trinajstić information content (AvgIpc) is 2.22. The molecule has 0 unspecified atom stereocenters. The predicted molar refractivity (Wildman–Crippen MR) is 62.6 cm³/mol. The summed E-state index contributed by atoms with van der Waals surface area (Å²) in [4.78, 5) is 18.6. The maximum absolute atomic E-state index is 9.28. The molecule has 0 heterocycles. The number of carbonyl (C=O) groups is 2. The molecule has 0 aliphatic rings. The third-order valence-electron chi connectivity index (χ3n) is 2.14. The summed E-state index contributed by atoms with van der Waals surface area (Å²) in [5, 5.41) is 18.6. The summed E-state index contributed by atoms with van der Waals surface area (Å²) in [6, 6.07) is 0. The van der Waals surface area contributed by atoms with E-state index in [9.17, 15) is 19.8 Å². The maximum Gasteiger partial charge on any atom is 1.00 e. The van der Waals surface area contributed by atoms with Crippen molar-refractivity contribution >= 4 is 11.9 Å². The fourth-order valence-electron chi connectivity index (χ4n) is 1.25. The van der Waals surface area contributed by atoms with Crippen molar-refractivity contribution in [1.29, 1.82) is 0 Å². The van der Waals surface area contributed by atoms with E-state index in [-0.39, 0.29) is 78.0 Å². The van der Waals surface area contributed by atoms with Gasteiger partial charge in [-0.3, -0.25) is 0 Å². The second-order valence-electron chi connectivity index (χ2n) is 3.89. The Balaban J connectivity index is -0.0000000681. The van der Waals surface area contributed by atoms with Crippen LogP contribution in [0.1, 0.15) is 65.2 Å². The Morgan fingerprint density at radius 3 is 1.60 bits per heavy atom. The Bertz CT molecular complexity index is 185. The molecule has 0 aromatic carbocycles. The molecular formula is C13H23LiNa2O4. The van der Waals surface area contributed by atoms with Gasteiger partial charge in [-0.1, -0.05) is 45.4 Å². The van der Waals surface area contributed by atoms with Crippen LogP contribution < -0.4 is 88.2 Å². The van der Waals surface area contributed by atoms with E-state index in [1.165, 1.54) is 44.9 Å². The molecule has 0 amide bonds. The maximum atomic E-state index is 9.28. The van der Waals surface area contributed by atoms with Crippen molar-refractivity contribution in [3.63, 3.8) is 0 Å². The summed E-state index contributed by atoms with van der Waals surface area (Å²) in [5.74, 6) is -3.25. The Labute approximate surface area is 179 Å². The molecule has 0 fully saturated rings. The zero-order chi connectivity index (χ0) is 13.5. The third-order valence-corrected chi connectivity index (χ3v) is 2.14. The molecule has 0 aromatic rings. The van der Waals surface area contributed by atoms with Crippen LogP contribution in [0.15, 0.2) is 0 Å². The Kier molecular flexibility index (Phi) is 47.6. The minimum absolute atomic E-state index is 0. The van der Waals surface area contributed by atoms with Crippen LogP contribution in [0.4, 0.5) is 0 Å². The largest absolute Gasteiger partial charge is 1.00 e. The molecule has 0 spiro atoms. The van der Waals surface area contributed by atoms with E-state index in [0.717, 1.165) is 0 Å². The number of carboxylic acids is 2. The predicted octanol–water partition coefficient (Wildman–Crippen LogP) is -8.15. The van der Waals surface area contributed by atoms with Crippen LogP contribution in [0.2, 0.25) is 0 Å². The first kappa shape index (κ1) is 33.2. The first-order valence-electron chi connectivity index (χ1n) is 6.22. The topological polar surface area (TPSA) is 80.3 Å². The first-order chi connectivity index (χ1) is 8.04. The van der Waals surface area contributed by atoms with E-state index in [2.05, 4.69) is 20.3 Å². The van der Waals surface area contributed by atoms with Crippen molar-refractivity contribution in [3.05, 3.63) is 6.42 Å². The Morgan fingerprint density at radius 2 is 1.30 bits per heavy atom. The SMILES string of the molecule is C[CH-]CCCCCCCC.O=C([O-])CC(=O)[O-].[Li+].[Na+].[Na+]. The van der Waals surface area contributed by atoms with Gasteiger partial charge in [0.25, 0.3) is 0 Å². The van der Waals surface area contributed by atoms with Crippen LogP contribution in [-0.4, -0.2) is 11.9 Å². The number of hydrogen-bond acceptors (Lipinski definition) is 4. The second-order valence-corrected chi connectivity index (χ2v) is 3.89. The van der Waals surface area contributed by atoms with Gasteiger partial charge in [0.05, 0.1) is 0 Å². The van der Waals surface area contributed by atoms with Crippen molar-refractivity contribution in [2.24, 2.45) is 0 Å². The summed E-state index contributed by atoms with van der Waals surface area (Å²) in [7, 11) is 0. The number of unbranched alkanes of at least 4 members (excludes halogenated alkanes) is 7. The molecule has 0 atom stereocenters. The molecule has 0 rings (SSSR count). The molecule has 7 heteroatoms. The summed E-state index contributed by atoms with van der Waals surface area (Å²) < 4.78 is 0. The molecular weight excluding hydrogens is 273 g/mol. The van der Waals surface area contributed by atoms with Gasteiger partial charge >= 0.3 is 78.0 Å². The summed E-state index contributed by atoms with van der Waals surface area (Å²) in [5.41, 5.74) is 0. The van der Waals surface area contributed by atoms with Crippen LogP contribution in [-0.2, 0) is 9.59 Å². The van der Waals surface area contributed by atoms with Crippen LogP contribution in [0.5, 0.6) is 0 Å². The molecule has 0 aliphatic heterocycles. The van der Waals surface area contributed by atoms with Crippen molar-refractivity contribution < 1.29 is 97.8 Å². The van der Waals surface area contributed by atoms with Crippen LogP contribution in [0, 0.1) is 6.42 Å². The summed E-state index contributed by atoms with van der Waals surface area (Å²) in [6.07, 6.45) is 11.1. The monoisotopic (exact) mass is 296 g/mol. The molecule has 0 aliphatic carbocycles. The van der Waals surface area contributed by atoms with Gasteiger partial charge in [0.2, 0.25) is 0 Å². The molecule has 0 bridgehead atoms. The normalized spacial score (nSPS) is 7.90. The van der Waals surface area contributed by atoms with E-state index in [1.54, 1.807) is 0 Å². The fourth-order valence-corrected chi connectivity index (χ4v) is 1.25. The minimum Gasteiger partial charge on any atom is -0.550 e. The van der Waals surface area contributed by atoms with Crippen molar-refractivity contribution in [3.8, 4) is 0 Å². The van der Waals surface area contributed by atoms with E-state index in [4.69, 9.17) is 0 Å². The third kappa shape index (κ3) is 42.7. The fraction of sp³-hybridized carbons (Fsp3) is 0.769. The zero-order valence-corrected chi connectivity index (χ0v) is 17.9. The molecule has 20 heavy (non-hydrogen) atoms. The summed E-state index contributed by atoms with van der Waals surface area (Å²) >= 11 is 0. The van der Waals surface area contributed by atoms with Gasteiger partial charge in [-0.05, 0) is 0 Å². The number of carbonyl (C=O) groups excluding carboxylic acids is 2. The molecule has 0 saturated heterocycles. The van der Waals surface area contributed by atoms with E-state index in [1.807, 2.05) is 0 Å². The molecule has 0 N–H and O–H groups in total. The Morgan fingerprint density at radius 1 is 0.900 bits per heavy atom. The van der Waals surface area contributed by atoms with E-state index in [0.29, 0.717) is 0 Å². The van der Waals surface area contributed by atoms with E-state index < -0.39 is 18.4 Å². The summed E-state index contributed by atoms with van der Waals surface area (Å²) in [6.45, 7) is 4.41. The first-order valence-corrected chi connectivity index (χ1v) is 6.22. The number of hydrogen-bond donors (Lipinski definition) is 0. The number of carboxylic acid groups (broad SMARTS) is 2. The van der Waals surface area contributed by atoms with Gasteiger partial charge in [-0.2, -0.15) is 13.3 Å². The molecule has 4 nitrogen and oxygen atoms in total. The number of aliphatic carboxylic acids is 2. The van der Waals surface area contributed by atoms with Gasteiger partial charge in [-0.15, -0.1) is 0 Å². The van der Waals surface area contributed by atoms with Crippen LogP contribution in [0.25, 0.3) is 0 Å². The van der Waals surface area contributed by atoms with Gasteiger partial charge in [-0.25, -0.2) is 0 Å². The van der Waals surface area contributed by atoms with E-state index >= 15 is 0 Å². The second kappa shape index (κ2) is 28.7. The van der Waals surface area contributed by atoms with Crippen molar-refractivity contribution in [1.82, 2.24) is 0 Å². The molecule has 0 saturated carbocycles. The smallest absolute Gasteiger partial charge is 0.550 e. The molecule has 102 valence electrons. The minimum atomic E-state index is -1.63. The van der Waals surface area contributed by atoms with Gasteiger partial charge in [0, 0.05) is 18.4 Å². The van der Waals surface area contributed by atoms with Crippen molar-refractivity contribution in [2.45, 2.75) is 65.2 Å². The average molecular weight is 296 g/mol. The van der Waals surface area contributed by atoms with Crippen LogP contribution >= 0.6 is 0 Å². The Hall–Kier alpha value is 1.54. The quantitative estimate of drug-likeness (QED) is 0.183. The van der Waals surface area contributed by atoms with Gasteiger partial charge in [0.1, 0.15) is 0 Å². The van der Waals surface area contributed by atoms with Gasteiger partial charge in [0.15, 0.2) is 0 Å². The van der Waals surface area contributed by atoms with Crippen molar-refractivity contribution in [2.75, 3.05) is 0 Å². The standard InChI is InChI=1S/C10H21.C3H4O4.Li.2Na/c1-3-5-7-9-10-8-6-4-2;4-2(5)1-3(6)7;;;/h3H,4-10H2,1-2H3;1H2,(H,4,5)(H,6,7);;;/q-1;;3*+1/p-2. The molecule has 0 radical (unpaired) electrons.